The van der Waals surface area contributed by atoms with Gasteiger partial charge in [-0.3, -0.25) is 9.69 Å². The van der Waals surface area contributed by atoms with Gasteiger partial charge in [-0.25, -0.2) is 0 Å². The Morgan fingerprint density at radius 3 is 2.55 bits per heavy atom. The Kier molecular flexibility index (Phi) is 3.38. The molecule has 1 aromatic carbocycles. The van der Waals surface area contributed by atoms with Crippen LogP contribution in [0, 0.1) is 20.8 Å². The average molecular weight is 270 g/mol. The van der Waals surface area contributed by atoms with Crippen molar-refractivity contribution in [3.63, 3.8) is 0 Å². The second-order valence-electron chi connectivity index (χ2n) is 6.05. The molecule has 2 aromatic rings. The maximum absolute atomic E-state index is 12.8. The van der Waals surface area contributed by atoms with Crippen LogP contribution in [0.25, 0.3) is 10.9 Å². The molecule has 106 valence electrons. The number of pyridine rings is 1. The van der Waals surface area contributed by atoms with E-state index in [9.17, 15) is 4.79 Å². The van der Waals surface area contributed by atoms with Crippen molar-refractivity contribution >= 4 is 10.9 Å². The SMILES string of the molecule is Cc1cc(C)c2[nH]c(C)c(CN3CCCC3)c(=O)c2c1. The number of fused-ring (bicyclic) bond motifs is 1. The van der Waals surface area contributed by atoms with Gasteiger partial charge in [0, 0.05) is 23.2 Å². The molecule has 2 heterocycles. The number of nitrogens with one attached hydrogen (secondary N) is 1. The van der Waals surface area contributed by atoms with Crippen molar-refractivity contribution in [3.8, 4) is 0 Å². The van der Waals surface area contributed by atoms with Crippen molar-refractivity contribution in [2.75, 3.05) is 13.1 Å². The number of aromatic amines is 1. The molecule has 0 saturated carbocycles. The molecule has 0 amide bonds. The van der Waals surface area contributed by atoms with Gasteiger partial charge in [0.25, 0.3) is 0 Å². The Balaban J connectivity index is 2.15. The molecule has 0 aliphatic carbocycles. The van der Waals surface area contributed by atoms with Crippen molar-refractivity contribution in [3.05, 3.63) is 44.7 Å². The Morgan fingerprint density at radius 1 is 1.15 bits per heavy atom. The molecular weight excluding hydrogens is 248 g/mol. The Bertz CT molecular complexity index is 709. The second-order valence-corrected chi connectivity index (χ2v) is 6.05. The van der Waals surface area contributed by atoms with Gasteiger partial charge in [-0.15, -0.1) is 0 Å². The summed E-state index contributed by atoms with van der Waals surface area (Å²) in [6.45, 7) is 9.14. The molecule has 3 heteroatoms. The third kappa shape index (κ3) is 2.27. The molecule has 1 aliphatic rings. The molecule has 20 heavy (non-hydrogen) atoms. The molecule has 3 rings (SSSR count). The molecule has 1 fully saturated rings. The number of hydrogen-bond donors (Lipinski definition) is 1. The Morgan fingerprint density at radius 2 is 1.85 bits per heavy atom. The molecule has 0 unspecified atom stereocenters. The van der Waals surface area contributed by atoms with Gasteiger partial charge >= 0.3 is 0 Å². The lowest BCUT2D eigenvalue weighted by Crippen LogP contribution is -2.25. The summed E-state index contributed by atoms with van der Waals surface area (Å²) in [4.78, 5) is 18.6. The first-order valence-corrected chi connectivity index (χ1v) is 7.41. The van der Waals surface area contributed by atoms with Crippen LogP contribution in [0.15, 0.2) is 16.9 Å². The van der Waals surface area contributed by atoms with E-state index in [0.29, 0.717) is 0 Å². The summed E-state index contributed by atoms with van der Waals surface area (Å²) in [5.74, 6) is 0. The maximum Gasteiger partial charge on any atom is 0.194 e. The van der Waals surface area contributed by atoms with Crippen molar-refractivity contribution in [1.29, 1.82) is 0 Å². The molecule has 0 spiro atoms. The van der Waals surface area contributed by atoms with Gasteiger partial charge in [-0.05, 0) is 63.9 Å². The van der Waals surface area contributed by atoms with E-state index in [2.05, 4.69) is 22.9 Å². The number of hydrogen-bond acceptors (Lipinski definition) is 2. The Labute approximate surface area is 119 Å². The van der Waals surface area contributed by atoms with E-state index < -0.39 is 0 Å². The summed E-state index contributed by atoms with van der Waals surface area (Å²) in [7, 11) is 0. The number of benzene rings is 1. The zero-order chi connectivity index (χ0) is 14.3. The van der Waals surface area contributed by atoms with E-state index in [1.165, 1.54) is 12.8 Å². The van der Waals surface area contributed by atoms with E-state index in [1.54, 1.807) is 0 Å². The predicted molar refractivity (Wildman–Crippen MR) is 83.3 cm³/mol. The van der Waals surface area contributed by atoms with Crippen LogP contribution in [0.1, 0.15) is 35.2 Å². The van der Waals surface area contributed by atoms with Crippen LogP contribution in [-0.4, -0.2) is 23.0 Å². The minimum absolute atomic E-state index is 0.204. The van der Waals surface area contributed by atoms with E-state index in [0.717, 1.165) is 52.9 Å². The fourth-order valence-electron chi connectivity index (χ4n) is 3.26. The minimum Gasteiger partial charge on any atom is -0.358 e. The topological polar surface area (TPSA) is 36.1 Å². The summed E-state index contributed by atoms with van der Waals surface area (Å²) in [6, 6.07) is 4.13. The van der Waals surface area contributed by atoms with Crippen LogP contribution in [0.4, 0.5) is 0 Å². The number of aromatic nitrogens is 1. The molecule has 1 saturated heterocycles. The summed E-state index contributed by atoms with van der Waals surface area (Å²) in [5, 5.41) is 0.835. The highest BCUT2D eigenvalue weighted by molar-refractivity contribution is 5.83. The highest BCUT2D eigenvalue weighted by atomic mass is 16.1. The number of H-pyrrole nitrogens is 1. The first-order valence-electron chi connectivity index (χ1n) is 7.41. The van der Waals surface area contributed by atoms with E-state index in [1.807, 2.05) is 19.9 Å². The number of likely N-dealkylation sites (tertiary alicyclic amines) is 1. The van der Waals surface area contributed by atoms with Gasteiger partial charge in [0.1, 0.15) is 0 Å². The van der Waals surface area contributed by atoms with E-state index in [-0.39, 0.29) is 5.43 Å². The fourth-order valence-corrected chi connectivity index (χ4v) is 3.26. The molecule has 0 bridgehead atoms. The largest absolute Gasteiger partial charge is 0.358 e. The first kappa shape index (κ1) is 13.4. The maximum atomic E-state index is 12.8. The number of nitrogens with zero attached hydrogens (tertiary/aromatic N) is 1. The van der Waals surface area contributed by atoms with Crippen molar-refractivity contribution < 1.29 is 0 Å². The second kappa shape index (κ2) is 5.06. The van der Waals surface area contributed by atoms with Crippen LogP contribution in [-0.2, 0) is 6.54 Å². The predicted octanol–water partition coefficient (Wildman–Crippen LogP) is 3.05. The smallest absolute Gasteiger partial charge is 0.194 e. The fraction of sp³-hybridized carbons (Fsp3) is 0.471. The third-order valence-electron chi connectivity index (χ3n) is 4.34. The molecule has 0 radical (unpaired) electrons. The van der Waals surface area contributed by atoms with Crippen molar-refractivity contribution in [1.82, 2.24) is 9.88 Å². The number of aryl methyl sites for hydroxylation is 3. The average Bonchev–Trinajstić information content (AvgIpc) is 2.89. The lowest BCUT2D eigenvalue weighted by Gasteiger charge is -2.17. The zero-order valence-corrected chi connectivity index (χ0v) is 12.5. The standard InChI is InChI=1S/C17H22N2O/c1-11-8-12(2)16-14(9-11)17(20)15(13(3)18-16)10-19-6-4-5-7-19/h8-9H,4-7,10H2,1-3H3,(H,18,20). The highest BCUT2D eigenvalue weighted by Crippen LogP contribution is 2.19. The van der Waals surface area contributed by atoms with Crippen LogP contribution in [0.3, 0.4) is 0 Å². The number of rotatable bonds is 2. The quantitative estimate of drug-likeness (QED) is 0.910. The van der Waals surface area contributed by atoms with Crippen LogP contribution < -0.4 is 5.43 Å². The molecular formula is C17H22N2O. The van der Waals surface area contributed by atoms with Crippen LogP contribution >= 0.6 is 0 Å². The van der Waals surface area contributed by atoms with Crippen LogP contribution in [0.5, 0.6) is 0 Å². The van der Waals surface area contributed by atoms with Gasteiger partial charge in [0.2, 0.25) is 0 Å². The lowest BCUT2D eigenvalue weighted by molar-refractivity contribution is 0.329. The van der Waals surface area contributed by atoms with Crippen molar-refractivity contribution in [2.45, 2.75) is 40.2 Å². The van der Waals surface area contributed by atoms with Gasteiger partial charge in [-0.1, -0.05) is 6.07 Å². The van der Waals surface area contributed by atoms with Crippen LogP contribution in [0.2, 0.25) is 0 Å². The normalized spacial score (nSPS) is 16.1. The first-order chi connectivity index (χ1) is 9.56. The van der Waals surface area contributed by atoms with E-state index in [4.69, 9.17) is 0 Å². The third-order valence-corrected chi connectivity index (χ3v) is 4.34. The minimum atomic E-state index is 0.204. The van der Waals surface area contributed by atoms with Gasteiger partial charge < -0.3 is 4.98 Å². The summed E-state index contributed by atoms with van der Waals surface area (Å²) < 4.78 is 0. The van der Waals surface area contributed by atoms with Gasteiger partial charge in [0.15, 0.2) is 5.43 Å². The summed E-state index contributed by atoms with van der Waals surface area (Å²) in [5.41, 5.74) is 5.44. The van der Waals surface area contributed by atoms with Gasteiger partial charge in [-0.2, -0.15) is 0 Å². The summed E-state index contributed by atoms with van der Waals surface area (Å²) >= 11 is 0. The van der Waals surface area contributed by atoms with Crippen molar-refractivity contribution in [2.24, 2.45) is 0 Å². The highest BCUT2D eigenvalue weighted by Gasteiger charge is 2.17. The lowest BCUT2D eigenvalue weighted by atomic mass is 10.0. The monoisotopic (exact) mass is 270 g/mol. The molecule has 3 nitrogen and oxygen atoms in total. The molecule has 0 atom stereocenters. The molecule has 1 N–H and O–H groups in total. The molecule has 1 aromatic heterocycles. The zero-order valence-electron chi connectivity index (χ0n) is 12.5. The summed E-state index contributed by atoms with van der Waals surface area (Å²) in [6.07, 6.45) is 2.51. The molecule has 1 aliphatic heterocycles. The Hall–Kier alpha value is -1.61. The van der Waals surface area contributed by atoms with Gasteiger partial charge in [0.05, 0.1) is 5.52 Å². The van der Waals surface area contributed by atoms with E-state index >= 15 is 0 Å².